The number of hydrogen-bond donors (Lipinski definition) is 8. The third kappa shape index (κ3) is 14.7. The van der Waals surface area contributed by atoms with Gasteiger partial charge in [0.15, 0.2) is 5.96 Å². The van der Waals surface area contributed by atoms with E-state index in [2.05, 4.69) is 20.9 Å². The zero-order chi connectivity index (χ0) is 28.4. The molecule has 0 bridgehead atoms. The molecule has 0 saturated carbocycles. The first-order chi connectivity index (χ1) is 17.5. The van der Waals surface area contributed by atoms with Crippen LogP contribution in [0.1, 0.15) is 58.8 Å². The number of aliphatic imine (C=N–C) groups is 1. The van der Waals surface area contributed by atoms with Crippen LogP contribution in [0.5, 0.6) is 0 Å². The van der Waals surface area contributed by atoms with E-state index in [9.17, 15) is 24.3 Å². The van der Waals surface area contributed by atoms with Gasteiger partial charge in [-0.15, -0.1) is 0 Å². The van der Waals surface area contributed by atoms with Crippen molar-refractivity contribution in [3.8, 4) is 0 Å². The molecule has 214 valence electrons. The Morgan fingerprint density at radius 3 is 2.00 bits per heavy atom. The maximum absolute atomic E-state index is 13.2. The topological polar surface area (TPSA) is 241 Å². The number of aliphatic carboxylic acids is 1. The smallest absolute Gasteiger partial charge is 0.326 e. The molecule has 0 aromatic rings. The van der Waals surface area contributed by atoms with Crippen molar-refractivity contribution in [2.45, 2.75) is 83.0 Å². The zero-order valence-corrected chi connectivity index (χ0v) is 23.0. The number of nitrogens with one attached hydrogen (secondary N) is 3. The fourth-order valence-electron chi connectivity index (χ4n) is 3.40. The zero-order valence-electron chi connectivity index (χ0n) is 22.2. The van der Waals surface area contributed by atoms with E-state index in [1.165, 1.54) is 0 Å². The van der Waals surface area contributed by atoms with E-state index in [1.54, 1.807) is 18.7 Å². The van der Waals surface area contributed by atoms with E-state index in [0.717, 1.165) is 0 Å². The molecule has 0 saturated heterocycles. The summed E-state index contributed by atoms with van der Waals surface area (Å²) in [7, 11) is 0. The number of thioether (sulfide) groups is 1. The molecule has 0 aromatic carbocycles. The minimum absolute atomic E-state index is 0.103. The van der Waals surface area contributed by atoms with Crippen LogP contribution in [0.4, 0.5) is 0 Å². The maximum atomic E-state index is 13.2. The number of amides is 3. The van der Waals surface area contributed by atoms with Gasteiger partial charge in [-0.3, -0.25) is 19.4 Å². The predicted molar refractivity (Wildman–Crippen MR) is 147 cm³/mol. The lowest BCUT2D eigenvalue weighted by molar-refractivity contribution is -0.144. The summed E-state index contributed by atoms with van der Waals surface area (Å²) >= 11 is 1.56. The van der Waals surface area contributed by atoms with E-state index in [1.807, 2.05) is 13.2 Å². The van der Waals surface area contributed by atoms with Crippen molar-refractivity contribution in [1.82, 2.24) is 16.0 Å². The van der Waals surface area contributed by atoms with Crippen molar-refractivity contribution in [3.63, 3.8) is 0 Å². The summed E-state index contributed by atoms with van der Waals surface area (Å²) in [5.74, 6) is -2.58. The number of nitrogens with two attached hydrogens (primary N) is 4. The number of unbranched alkanes of at least 4 members (excludes halogenated alkanes) is 1. The SMILES string of the molecule is CCC(C)C(NC(=O)C(CCCN=C(N)N)NC(=O)C(CCCCN)NC(=O)C(N)CCSC)C(=O)O. The molecule has 0 aliphatic carbocycles. The molecule has 13 nitrogen and oxygen atoms in total. The molecule has 37 heavy (non-hydrogen) atoms. The number of carboxylic acids is 1. The molecular formula is C23H46N8O5S. The Labute approximate surface area is 223 Å². The van der Waals surface area contributed by atoms with E-state index < -0.39 is 47.9 Å². The Balaban J connectivity index is 5.65. The molecule has 0 aliphatic heterocycles. The normalized spacial score (nSPS) is 14.9. The standard InChI is InChI=1S/C23H46N8O5S/c1-4-14(2)18(22(35)36)31-21(34)17(9-7-12-28-23(26)27)30-20(33)16(8-5-6-11-24)29-19(32)15(25)10-13-37-3/h14-18H,4-13,24-25H2,1-3H3,(H,29,32)(H,30,33)(H,31,34)(H,35,36)(H4,26,27,28). The largest absolute Gasteiger partial charge is 0.480 e. The van der Waals surface area contributed by atoms with E-state index in [0.29, 0.717) is 50.8 Å². The lowest BCUT2D eigenvalue weighted by Crippen LogP contribution is -2.57. The van der Waals surface area contributed by atoms with Gasteiger partial charge in [0, 0.05) is 6.54 Å². The molecule has 5 atom stereocenters. The summed E-state index contributed by atoms with van der Waals surface area (Å²) in [6.07, 6.45) is 4.91. The first kappa shape index (κ1) is 34.4. The second-order valence-corrected chi connectivity index (χ2v) is 9.94. The molecule has 5 unspecified atom stereocenters. The Hall–Kier alpha value is -2.58. The summed E-state index contributed by atoms with van der Waals surface area (Å²) < 4.78 is 0. The van der Waals surface area contributed by atoms with Crippen LogP contribution in [0.25, 0.3) is 0 Å². The lowest BCUT2D eigenvalue weighted by Gasteiger charge is -2.26. The number of carbonyl (C=O) groups is 4. The molecule has 14 heteroatoms. The quantitative estimate of drug-likeness (QED) is 0.0517. The molecule has 0 fully saturated rings. The van der Waals surface area contributed by atoms with Crippen molar-refractivity contribution in [1.29, 1.82) is 0 Å². The monoisotopic (exact) mass is 546 g/mol. The van der Waals surface area contributed by atoms with Crippen LogP contribution in [-0.4, -0.2) is 84.0 Å². The number of carbonyl (C=O) groups excluding carboxylic acids is 3. The highest BCUT2D eigenvalue weighted by Gasteiger charge is 2.31. The van der Waals surface area contributed by atoms with Gasteiger partial charge < -0.3 is 44.0 Å². The second kappa shape index (κ2) is 19.5. The second-order valence-electron chi connectivity index (χ2n) is 8.95. The van der Waals surface area contributed by atoms with Crippen molar-refractivity contribution < 1.29 is 24.3 Å². The van der Waals surface area contributed by atoms with Crippen molar-refractivity contribution >= 4 is 41.4 Å². The van der Waals surface area contributed by atoms with Crippen LogP contribution >= 0.6 is 11.8 Å². The fourth-order valence-corrected chi connectivity index (χ4v) is 3.89. The number of carboxylic acid groups (broad SMARTS) is 1. The third-order valence-corrected chi connectivity index (χ3v) is 6.55. The van der Waals surface area contributed by atoms with Crippen molar-refractivity contribution in [3.05, 3.63) is 0 Å². The molecule has 3 amide bonds. The lowest BCUT2D eigenvalue weighted by atomic mass is 9.98. The Morgan fingerprint density at radius 2 is 1.49 bits per heavy atom. The highest BCUT2D eigenvalue weighted by atomic mass is 32.2. The van der Waals surface area contributed by atoms with Crippen LogP contribution in [-0.2, 0) is 19.2 Å². The van der Waals surface area contributed by atoms with E-state index >= 15 is 0 Å². The highest BCUT2D eigenvalue weighted by molar-refractivity contribution is 7.98. The van der Waals surface area contributed by atoms with Crippen LogP contribution in [0.2, 0.25) is 0 Å². The molecule has 0 aromatic heterocycles. The third-order valence-electron chi connectivity index (χ3n) is 5.90. The van der Waals surface area contributed by atoms with Gasteiger partial charge in [-0.05, 0) is 63.0 Å². The Morgan fingerprint density at radius 1 is 0.919 bits per heavy atom. The number of guanidine groups is 1. The minimum atomic E-state index is -1.17. The van der Waals surface area contributed by atoms with Gasteiger partial charge in [0.05, 0.1) is 6.04 Å². The molecule has 0 radical (unpaired) electrons. The summed E-state index contributed by atoms with van der Waals surface area (Å²) in [6, 6.07) is -3.89. The predicted octanol–water partition coefficient (Wildman–Crippen LogP) is -1.17. The summed E-state index contributed by atoms with van der Waals surface area (Å²) in [4.78, 5) is 54.5. The average Bonchev–Trinajstić information content (AvgIpc) is 2.85. The molecule has 0 spiro atoms. The van der Waals surface area contributed by atoms with Gasteiger partial charge in [-0.1, -0.05) is 20.3 Å². The van der Waals surface area contributed by atoms with E-state index in [4.69, 9.17) is 22.9 Å². The molecule has 0 aliphatic rings. The Kier molecular flexibility index (Phi) is 18.2. The van der Waals surface area contributed by atoms with Gasteiger partial charge in [-0.2, -0.15) is 11.8 Å². The minimum Gasteiger partial charge on any atom is -0.480 e. The molecule has 0 heterocycles. The average molecular weight is 547 g/mol. The first-order valence-corrected chi connectivity index (χ1v) is 14.0. The van der Waals surface area contributed by atoms with Crippen LogP contribution in [0.3, 0.4) is 0 Å². The van der Waals surface area contributed by atoms with Gasteiger partial charge in [0.1, 0.15) is 18.1 Å². The molecule has 12 N–H and O–H groups in total. The van der Waals surface area contributed by atoms with Crippen LogP contribution in [0, 0.1) is 5.92 Å². The van der Waals surface area contributed by atoms with Crippen molar-refractivity contribution in [2.75, 3.05) is 25.1 Å². The molecular weight excluding hydrogens is 500 g/mol. The first-order valence-electron chi connectivity index (χ1n) is 12.6. The van der Waals surface area contributed by atoms with Crippen LogP contribution in [0.15, 0.2) is 4.99 Å². The van der Waals surface area contributed by atoms with E-state index in [-0.39, 0.29) is 24.8 Å². The summed E-state index contributed by atoms with van der Waals surface area (Å²) in [6.45, 7) is 4.18. The van der Waals surface area contributed by atoms with Gasteiger partial charge in [-0.25, -0.2) is 4.79 Å². The van der Waals surface area contributed by atoms with Crippen molar-refractivity contribution in [2.24, 2.45) is 33.8 Å². The van der Waals surface area contributed by atoms with Crippen LogP contribution < -0.4 is 38.9 Å². The van der Waals surface area contributed by atoms with Gasteiger partial charge in [0.25, 0.3) is 0 Å². The molecule has 0 rings (SSSR count). The van der Waals surface area contributed by atoms with Gasteiger partial charge >= 0.3 is 5.97 Å². The highest BCUT2D eigenvalue weighted by Crippen LogP contribution is 2.10. The number of nitrogens with zero attached hydrogens (tertiary/aromatic N) is 1. The number of hydrogen-bond acceptors (Lipinski definition) is 8. The summed E-state index contributed by atoms with van der Waals surface area (Å²) in [5, 5.41) is 17.5. The number of rotatable bonds is 20. The maximum Gasteiger partial charge on any atom is 0.326 e. The van der Waals surface area contributed by atoms with Gasteiger partial charge in [0.2, 0.25) is 17.7 Å². The Bertz CT molecular complexity index is 751. The summed E-state index contributed by atoms with van der Waals surface area (Å²) in [5.41, 5.74) is 22.2. The fraction of sp³-hybridized carbons (Fsp3) is 0.783.